The topological polar surface area (TPSA) is 36.1 Å². The van der Waals surface area contributed by atoms with Gasteiger partial charge in [-0.3, -0.25) is 0 Å². The van der Waals surface area contributed by atoms with Gasteiger partial charge in [-0.2, -0.15) is 0 Å². The minimum atomic E-state index is -0.592. The average molecular weight is 501 g/mol. The predicted octanol–water partition coefficient (Wildman–Crippen LogP) is 8.10. The molecule has 36 heavy (non-hydrogen) atoms. The third-order valence-corrected chi connectivity index (χ3v) is 7.37. The maximum atomic E-state index is 14.2. The van der Waals surface area contributed by atoms with E-state index in [-0.39, 0.29) is 11.7 Å². The molecule has 5 rings (SSSR count). The van der Waals surface area contributed by atoms with Crippen molar-refractivity contribution < 1.29 is 18.0 Å². The Balaban J connectivity index is 0.000000253. The van der Waals surface area contributed by atoms with Crippen molar-refractivity contribution in [3.63, 3.8) is 0 Å². The van der Waals surface area contributed by atoms with Crippen molar-refractivity contribution in [3.8, 4) is 11.3 Å². The molecule has 0 spiro atoms. The van der Waals surface area contributed by atoms with Crippen LogP contribution in [0.25, 0.3) is 22.2 Å². The molecule has 0 bridgehead atoms. The Hall–Kier alpha value is -2.60. The van der Waals surface area contributed by atoms with E-state index in [1.54, 1.807) is 12.1 Å². The second kappa shape index (κ2) is 13.1. The number of nitrogens with one attached hydrogen (secondary N) is 1. The molecule has 1 atom stereocenters. The molecule has 2 fully saturated rings. The molecule has 1 aromatic heterocycles. The van der Waals surface area contributed by atoms with Gasteiger partial charge >= 0.3 is 0 Å². The number of benzene rings is 2. The monoisotopic (exact) mass is 500 g/mol. The lowest BCUT2D eigenvalue weighted by Gasteiger charge is -2.35. The van der Waals surface area contributed by atoms with Crippen molar-refractivity contribution >= 4 is 17.2 Å². The normalized spacial score (nSPS) is 21.6. The van der Waals surface area contributed by atoms with Crippen LogP contribution in [0, 0.1) is 29.3 Å². The van der Waals surface area contributed by atoms with Gasteiger partial charge in [0.1, 0.15) is 23.7 Å². The van der Waals surface area contributed by atoms with Gasteiger partial charge in [0.2, 0.25) is 0 Å². The summed E-state index contributed by atoms with van der Waals surface area (Å²) in [6, 6.07) is 8.42. The first-order valence-electron chi connectivity index (χ1n) is 13.3. The molecule has 1 saturated carbocycles. The molecule has 1 aliphatic carbocycles. The van der Waals surface area contributed by atoms with Crippen LogP contribution >= 0.6 is 0 Å². The van der Waals surface area contributed by atoms with Gasteiger partial charge in [-0.15, -0.1) is 0 Å². The number of rotatable bonds is 5. The summed E-state index contributed by atoms with van der Waals surface area (Å²) >= 11 is 0. The highest BCUT2D eigenvalue weighted by molar-refractivity contribution is 5.92. The van der Waals surface area contributed by atoms with Crippen LogP contribution in [0.4, 0.5) is 13.2 Å². The minimum absolute atomic E-state index is 0.282. The molecule has 1 unspecified atom stereocenters. The van der Waals surface area contributed by atoms with E-state index in [1.807, 2.05) is 13.8 Å². The number of halogens is 3. The number of H-pyrrole nitrogens is 1. The van der Waals surface area contributed by atoms with Gasteiger partial charge in [-0.25, -0.2) is 13.2 Å². The number of nitrogens with zero attached hydrogens (tertiary/aromatic N) is 1. The van der Waals surface area contributed by atoms with Crippen LogP contribution in [0.3, 0.4) is 0 Å². The third kappa shape index (κ3) is 6.58. The number of likely N-dealkylation sites (tertiary alicyclic amines) is 1. The Kier molecular flexibility index (Phi) is 10.2. The number of aldehydes is 1. The van der Waals surface area contributed by atoms with Gasteiger partial charge in [-0.05, 0) is 98.5 Å². The van der Waals surface area contributed by atoms with Crippen LogP contribution in [-0.2, 0) is 4.79 Å². The Morgan fingerprint density at radius 1 is 1.03 bits per heavy atom. The molecule has 2 aliphatic rings. The summed E-state index contributed by atoms with van der Waals surface area (Å²) in [5.41, 5.74) is 2.85. The highest BCUT2D eigenvalue weighted by Crippen LogP contribution is 2.49. The molecule has 1 aliphatic heterocycles. The summed E-state index contributed by atoms with van der Waals surface area (Å²) in [5, 5.41) is 0.603. The van der Waals surface area contributed by atoms with Crippen molar-refractivity contribution in [1.29, 1.82) is 0 Å². The zero-order chi connectivity index (χ0) is 26.2. The summed E-state index contributed by atoms with van der Waals surface area (Å²) < 4.78 is 41.2. The fourth-order valence-electron chi connectivity index (χ4n) is 5.41. The van der Waals surface area contributed by atoms with E-state index < -0.39 is 11.6 Å². The maximum absolute atomic E-state index is 14.2. The maximum Gasteiger partial charge on any atom is 0.150 e. The van der Waals surface area contributed by atoms with E-state index in [1.165, 1.54) is 37.6 Å². The van der Waals surface area contributed by atoms with Crippen molar-refractivity contribution in [1.82, 2.24) is 9.88 Å². The molecule has 196 valence electrons. The molecular formula is C30H39F3N2O. The predicted molar refractivity (Wildman–Crippen MR) is 142 cm³/mol. The Morgan fingerprint density at radius 2 is 1.72 bits per heavy atom. The summed E-state index contributed by atoms with van der Waals surface area (Å²) in [5.74, 6) is 0.104. The number of hydrogen-bond acceptors (Lipinski definition) is 2. The fourth-order valence-corrected chi connectivity index (χ4v) is 5.41. The van der Waals surface area contributed by atoms with Crippen molar-refractivity contribution in [2.75, 3.05) is 20.1 Å². The second-order valence-electron chi connectivity index (χ2n) is 9.85. The molecular weight excluding hydrogens is 461 g/mol. The lowest BCUT2D eigenvalue weighted by molar-refractivity contribution is -0.108. The summed E-state index contributed by atoms with van der Waals surface area (Å²) in [6.45, 7) is 8.48. The molecule has 2 aromatic carbocycles. The smallest absolute Gasteiger partial charge is 0.150 e. The number of carbonyl (C=O) groups excluding carboxylic acids is 1. The van der Waals surface area contributed by atoms with Crippen LogP contribution in [0.15, 0.2) is 36.4 Å². The van der Waals surface area contributed by atoms with Crippen LogP contribution in [0.2, 0.25) is 0 Å². The second-order valence-corrected chi connectivity index (χ2v) is 9.85. The molecule has 1 saturated heterocycles. The standard InChI is InChI=1S/C20H18F3N.C8H15NO.C2H6/c1-2-11-7-13(8-11)18-16-9-15(22)10-17(23)20(16)24-19(18)12-3-5-14(21)6-4-12;1-9-5-2-3-8(7-9)4-6-10;1-2/h3-6,9-11,13,24H,2,7-8H2,1H3;6,8H,2-5,7H2,1H3;1-2H3. The average Bonchev–Trinajstić information content (AvgIpc) is 3.20. The number of fused-ring (bicyclic) bond motifs is 1. The number of hydrogen-bond donors (Lipinski definition) is 1. The first-order chi connectivity index (χ1) is 17.4. The zero-order valence-electron chi connectivity index (χ0n) is 21.9. The zero-order valence-corrected chi connectivity index (χ0v) is 21.9. The quantitative estimate of drug-likeness (QED) is 0.359. The highest BCUT2D eigenvalue weighted by atomic mass is 19.1. The van der Waals surface area contributed by atoms with E-state index >= 15 is 0 Å². The van der Waals surface area contributed by atoms with Gasteiger partial charge in [0.05, 0.1) is 11.2 Å². The van der Waals surface area contributed by atoms with Gasteiger partial charge in [0, 0.05) is 24.4 Å². The van der Waals surface area contributed by atoms with Gasteiger partial charge in [0.25, 0.3) is 0 Å². The largest absolute Gasteiger partial charge is 0.352 e. The van der Waals surface area contributed by atoms with Crippen molar-refractivity contribution in [3.05, 3.63) is 59.4 Å². The number of aromatic amines is 1. The number of aromatic nitrogens is 1. The van der Waals surface area contributed by atoms with Crippen molar-refractivity contribution in [2.24, 2.45) is 11.8 Å². The summed E-state index contributed by atoms with van der Waals surface area (Å²) in [7, 11) is 2.12. The molecule has 3 aromatic rings. The van der Waals surface area contributed by atoms with Gasteiger partial charge in [-0.1, -0.05) is 27.2 Å². The van der Waals surface area contributed by atoms with Crippen LogP contribution in [0.1, 0.15) is 70.8 Å². The number of carbonyl (C=O) groups is 1. The minimum Gasteiger partial charge on any atom is -0.352 e. The highest BCUT2D eigenvalue weighted by Gasteiger charge is 2.33. The van der Waals surface area contributed by atoms with E-state index in [0.29, 0.717) is 22.7 Å². The summed E-state index contributed by atoms with van der Waals surface area (Å²) in [4.78, 5) is 15.6. The van der Waals surface area contributed by atoms with E-state index in [0.717, 1.165) is 61.4 Å². The van der Waals surface area contributed by atoms with Crippen LogP contribution in [-0.4, -0.2) is 36.3 Å². The molecule has 0 amide bonds. The molecule has 3 nitrogen and oxygen atoms in total. The van der Waals surface area contributed by atoms with E-state index in [2.05, 4.69) is 23.9 Å². The number of piperidine rings is 1. The lowest BCUT2D eigenvalue weighted by atomic mass is 9.69. The van der Waals surface area contributed by atoms with Crippen LogP contribution < -0.4 is 0 Å². The summed E-state index contributed by atoms with van der Waals surface area (Å²) in [6.07, 6.45) is 7.46. The van der Waals surface area contributed by atoms with Crippen LogP contribution in [0.5, 0.6) is 0 Å². The van der Waals surface area contributed by atoms with E-state index in [9.17, 15) is 18.0 Å². The van der Waals surface area contributed by atoms with Gasteiger partial charge < -0.3 is 14.7 Å². The van der Waals surface area contributed by atoms with Crippen molar-refractivity contribution in [2.45, 2.75) is 65.2 Å². The Bertz CT molecular complexity index is 1120. The first kappa shape index (κ1) is 28.0. The SMILES string of the molecule is CC.CCC1CC(c2c(-c3ccc(F)cc3)[nH]c3c(F)cc(F)cc23)C1.CN1CCCC(CC=O)C1. The lowest BCUT2D eigenvalue weighted by Crippen LogP contribution is -2.32. The Labute approximate surface area is 213 Å². The third-order valence-electron chi connectivity index (χ3n) is 7.37. The molecule has 1 N–H and O–H groups in total. The molecule has 2 heterocycles. The van der Waals surface area contributed by atoms with Gasteiger partial charge in [0.15, 0.2) is 0 Å². The Morgan fingerprint density at radius 3 is 2.33 bits per heavy atom. The molecule has 0 radical (unpaired) electrons. The first-order valence-corrected chi connectivity index (χ1v) is 13.3. The van der Waals surface area contributed by atoms with E-state index in [4.69, 9.17) is 0 Å². The fraction of sp³-hybridized carbons (Fsp3) is 0.500. The molecule has 6 heteroatoms.